The van der Waals surface area contributed by atoms with E-state index < -0.39 is 5.91 Å². The van der Waals surface area contributed by atoms with Gasteiger partial charge in [-0.25, -0.2) is 0 Å². The van der Waals surface area contributed by atoms with E-state index in [9.17, 15) is 4.79 Å². The number of pyridine rings is 1. The van der Waals surface area contributed by atoms with Crippen LogP contribution in [-0.2, 0) is 0 Å². The number of carbonyl (C=O) groups excluding carboxylic acids is 1. The van der Waals surface area contributed by atoms with E-state index >= 15 is 0 Å². The minimum atomic E-state index is -0.428. The van der Waals surface area contributed by atoms with Gasteiger partial charge in [-0.05, 0) is 18.2 Å². The van der Waals surface area contributed by atoms with Gasteiger partial charge in [0.25, 0.3) is 0 Å². The number of H-pyrrole nitrogens is 1. The lowest BCUT2D eigenvalue weighted by atomic mass is 10.0. The fourth-order valence-electron chi connectivity index (χ4n) is 2.05. The molecule has 0 unspecified atom stereocenters. The summed E-state index contributed by atoms with van der Waals surface area (Å²) in [6, 6.07) is 11.1. The summed E-state index contributed by atoms with van der Waals surface area (Å²) in [6.07, 6.45) is 3.50. The lowest BCUT2D eigenvalue weighted by Crippen LogP contribution is -2.12. The number of primary amides is 1. The van der Waals surface area contributed by atoms with Gasteiger partial charge in [-0.2, -0.15) is 0 Å². The van der Waals surface area contributed by atoms with Crippen LogP contribution in [0.5, 0.6) is 0 Å². The summed E-state index contributed by atoms with van der Waals surface area (Å²) < 4.78 is 0. The molecule has 3 N–H and O–H groups in total. The van der Waals surface area contributed by atoms with Crippen molar-refractivity contribution in [3.63, 3.8) is 0 Å². The van der Waals surface area contributed by atoms with E-state index in [1.54, 1.807) is 24.5 Å². The van der Waals surface area contributed by atoms with E-state index in [0.717, 1.165) is 22.2 Å². The maximum atomic E-state index is 11.4. The smallest absolute Gasteiger partial charge is 0.249 e. The van der Waals surface area contributed by atoms with Gasteiger partial charge in [0, 0.05) is 40.1 Å². The first-order chi connectivity index (χ1) is 8.75. The van der Waals surface area contributed by atoms with Crippen molar-refractivity contribution in [2.75, 3.05) is 0 Å². The summed E-state index contributed by atoms with van der Waals surface area (Å²) in [5.74, 6) is -0.428. The number of carbonyl (C=O) groups is 1. The van der Waals surface area contributed by atoms with E-state index in [1.165, 1.54) is 0 Å². The van der Waals surface area contributed by atoms with E-state index in [2.05, 4.69) is 9.97 Å². The van der Waals surface area contributed by atoms with Gasteiger partial charge in [0.1, 0.15) is 0 Å². The molecule has 0 aliphatic rings. The topological polar surface area (TPSA) is 71.8 Å². The van der Waals surface area contributed by atoms with E-state index in [0.29, 0.717) is 5.56 Å². The maximum absolute atomic E-state index is 11.4. The lowest BCUT2D eigenvalue weighted by molar-refractivity contribution is 0.100. The van der Waals surface area contributed by atoms with Crippen LogP contribution >= 0.6 is 0 Å². The zero-order chi connectivity index (χ0) is 12.5. The fraction of sp³-hybridized carbons (Fsp3) is 0. The number of benzene rings is 1. The van der Waals surface area contributed by atoms with Crippen molar-refractivity contribution in [3.8, 4) is 11.3 Å². The van der Waals surface area contributed by atoms with Crippen molar-refractivity contribution in [1.29, 1.82) is 0 Å². The Morgan fingerprint density at radius 2 is 2.06 bits per heavy atom. The minimum absolute atomic E-state index is 0.428. The second-order valence-electron chi connectivity index (χ2n) is 4.06. The average Bonchev–Trinajstić information content (AvgIpc) is 2.82. The van der Waals surface area contributed by atoms with Gasteiger partial charge in [-0.3, -0.25) is 9.78 Å². The van der Waals surface area contributed by atoms with Crippen molar-refractivity contribution < 1.29 is 4.79 Å². The fourth-order valence-corrected chi connectivity index (χ4v) is 2.05. The molecule has 0 saturated heterocycles. The number of nitrogens with one attached hydrogen (secondary N) is 1. The predicted octanol–water partition coefficient (Wildman–Crippen LogP) is 2.33. The van der Waals surface area contributed by atoms with Gasteiger partial charge in [-0.15, -0.1) is 0 Å². The molecule has 0 bridgehead atoms. The van der Waals surface area contributed by atoms with Crippen molar-refractivity contribution in [1.82, 2.24) is 9.97 Å². The third-order valence-electron chi connectivity index (χ3n) is 2.90. The Morgan fingerprint density at radius 1 is 1.22 bits per heavy atom. The molecule has 88 valence electrons. The third-order valence-corrected chi connectivity index (χ3v) is 2.90. The molecule has 4 heteroatoms. The van der Waals surface area contributed by atoms with Gasteiger partial charge in [0.15, 0.2) is 0 Å². The first-order valence-electron chi connectivity index (χ1n) is 5.57. The number of nitrogens with zero attached hydrogens (tertiary/aromatic N) is 1. The number of nitrogens with two attached hydrogens (primary N) is 1. The Bertz CT molecular complexity index is 697. The van der Waals surface area contributed by atoms with Crippen LogP contribution in [0.15, 0.2) is 48.8 Å². The molecule has 1 aromatic carbocycles. The first kappa shape index (κ1) is 10.5. The molecule has 0 spiro atoms. The van der Waals surface area contributed by atoms with Crippen LogP contribution in [0.4, 0.5) is 0 Å². The standard InChI is InChI=1S/C14H11N3O/c15-14(18)11-4-2-1-3-10(11)13-7-9-8-16-6-5-12(9)17-13/h1-8,17H,(H2,15,18). The highest BCUT2D eigenvalue weighted by molar-refractivity contribution is 6.00. The highest BCUT2D eigenvalue weighted by Gasteiger charge is 2.11. The molecule has 3 aromatic rings. The third kappa shape index (κ3) is 1.64. The molecule has 4 nitrogen and oxygen atoms in total. The number of rotatable bonds is 2. The zero-order valence-corrected chi connectivity index (χ0v) is 9.55. The monoisotopic (exact) mass is 237 g/mol. The summed E-state index contributed by atoms with van der Waals surface area (Å²) in [5, 5.41) is 1.01. The van der Waals surface area contributed by atoms with Crippen molar-refractivity contribution >= 4 is 16.8 Å². The quantitative estimate of drug-likeness (QED) is 0.718. The molecule has 0 atom stereocenters. The summed E-state index contributed by atoms with van der Waals surface area (Å²) in [6.45, 7) is 0. The van der Waals surface area contributed by atoms with Crippen LogP contribution < -0.4 is 5.73 Å². The molecule has 3 rings (SSSR count). The van der Waals surface area contributed by atoms with E-state index in [4.69, 9.17) is 5.73 Å². The first-order valence-corrected chi connectivity index (χ1v) is 5.57. The molecule has 2 aromatic heterocycles. The van der Waals surface area contributed by atoms with Gasteiger partial charge in [0.05, 0.1) is 0 Å². The normalized spacial score (nSPS) is 10.7. The summed E-state index contributed by atoms with van der Waals surface area (Å²) in [5.41, 5.74) is 8.55. The molecule has 2 heterocycles. The molecule has 0 aliphatic carbocycles. The van der Waals surface area contributed by atoms with Crippen LogP contribution in [0.3, 0.4) is 0 Å². The van der Waals surface area contributed by atoms with Crippen LogP contribution in [0, 0.1) is 0 Å². The molecule has 0 fully saturated rings. The molecule has 0 radical (unpaired) electrons. The van der Waals surface area contributed by atoms with Gasteiger partial charge >= 0.3 is 0 Å². The van der Waals surface area contributed by atoms with Gasteiger partial charge in [-0.1, -0.05) is 18.2 Å². The number of hydrogen-bond acceptors (Lipinski definition) is 2. The SMILES string of the molecule is NC(=O)c1ccccc1-c1cc2cnccc2[nH]1. The highest BCUT2D eigenvalue weighted by Crippen LogP contribution is 2.26. The molecule has 1 amide bonds. The summed E-state index contributed by atoms with van der Waals surface area (Å²) >= 11 is 0. The van der Waals surface area contributed by atoms with Gasteiger partial charge < -0.3 is 10.7 Å². The Balaban J connectivity index is 2.23. The van der Waals surface area contributed by atoms with Crippen molar-refractivity contribution in [2.24, 2.45) is 5.73 Å². The van der Waals surface area contributed by atoms with Crippen LogP contribution in [0.2, 0.25) is 0 Å². The number of fused-ring (bicyclic) bond motifs is 1. The van der Waals surface area contributed by atoms with Crippen molar-refractivity contribution in [2.45, 2.75) is 0 Å². The average molecular weight is 237 g/mol. The summed E-state index contributed by atoms with van der Waals surface area (Å²) in [4.78, 5) is 18.7. The van der Waals surface area contributed by atoms with Crippen molar-refractivity contribution in [3.05, 3.63) is 54.4 Å². The second kappa shape index (κ2) is 4.00. The lowest BCUT2D eigenvalue weighted by Gasteiger charge is -2.03. The molecular weight excluding hydrogens is 226 g/mol. The van der Waals surface area contributed by atoms with E-state index in [1.807, 2.05) is 24.3 Å². The van der Waals surface area contributed by atoms with E-state index in [-0.39, 0.29) is 0 Å². The largest absolute Gasteiger partial charge is 0.366 e. The zero-order valence-electron chi connectivity index (χ0n) is 9.55. The minimum Gasteiger partial charge on any atom is -0.366 e. The molecule has 18 heavy (non-hydrogen) atoms. The highest BCUT2D eigenvalue weighted by atomic mass is 16.1. The molecule has 0 saturated carbocycles. The number of aromatic amines is 1. The van der Waals surface area contributed by atoms with Crippen LogP contribution in [0.1, 0.15) is 10.4 Å². The number of hydrogen-bond donors (Lipinski definition) is 2. The Kier molecular flexibility index (Phi) is 2.34. The predicted molar refractivity (Wildman–Crippen MR) is 70.0 cm³/mol. The number of amides is 1. The maximum Gasteiger partial charge on any atom is 0.249 e. The molecular formula is C14H11N3O. The summed E-state index contributed by atoms with van der Waals surface area (Å²) in [7, 11) is 0. The Labute approximate surface area is 103 Å². The Morgan fingerprint density at radius 3 is 2.83 bits per heavy atom. The number of aromatic nitrogens is 2. The van der Waals surface area contributed by atoms with Crippen LogP contribution in [0.25, 0.3) is 22.2 Å². The molecule has 0 aliphatic heterocycles. The van der Waals surface area contributed by atoms with Gasteiger partial charge in [0.2, 0.25) is 5.91 Å². The van der Waals surface area contributed by atoms with Crippen LogP contribution in [-0.4, -0.2) is 15.9 Å². The Hall–Kier alpha value is -2.62. The second-order valence-corrected chi connectivity index (χ2v) is 4.06.